The van der Waals surface area contributed by atoms with Gasteiger partial charge in [-0.25, -0.2) is 0 Å². The molecule has 78 valence electrons. The van der Waals surface area contributed by atoms with Crippen molar-refractivity contribution in [3.8, 4) is 0 Å². The second-order valence-corrected chi connectivity index (χ2v) is 4.35. The zero-order chi connectivity index (χ0) is 10.3. The van der Waals surface area contributed by atoms with Crippen LogP contribution in [0.25, 0.3) is 0 Å². The van der Waals surface area contributed by atoms with Crippen LogP contribution in [0.3, 0.4) is 0 Å². The molecule has 2 atom stereocenters. The van der Waals surface area contributed by atoms with E-state index in [4.69, 9.17) is 5.73 Å². The third-order valence-corrected chi connectivity index (χ3v) is 2.48. The SMILES string of the molecule is CSCC(C)NC(=O)CCC(C)N. The first kappa shape index (κ1) is 12.8. The third kappa shape index (κ3) is 8.12. The molecular weight excluding hydrogens is 184 g/mol. The summed E-state index contributed by atoms with van der Waals surface area (Å²) in [6.07, 6.45) is 3.33. The highest BCUT2D eigenvalue weighted by molar-refractivity contribution is 7.98. The minimum atomic E-state index is 0.110. The molecule has 0 aliphatic heterocycles. The van der Waals surface area contributed by atoms with E-state index in [0.717, 1.165) is 12.2 Å². The highest BCUT2D eigenvalue weighted by Gasteiger charge is 2.06. The monoisotopic (exact) mass is 204 g/mol. The second kappa shape index (κ2) is 7.21. The van der Waals surface area contributed by atoms with E-state index in [1.807, 2.05) is 20.1 Å². The molecule has 13 heavy (non-hydrogen) atoms. The van der Waals surface area contributed by atoms with Crippen LogP contribution < -0.4 is 11.1 Å². The minimum Gasteiger partial charge on any atom is -0.353 e. The van der Waals surface area contributed by atoms with Crippen LogP contribution in [0.15, 0.2) is 0 Å². The molecule has 0 heterocycles. The molecule has 0 radical (unpaired) electrons. The molecule has 2 unspecified atom stereocenters. The standard InChI is InChI=1S/C9H20N2OS/c1-7(10)4-5-9(12)11-8(2)6-13-3/h7-8H,4-6,10H2,1-3H3,(H,11,12). The van der Waals surface area contributed by atoms with Gasteiger partial charge < -0.3 is 11.1 Å². The number of thioether (sulfide) groups is 1. The van der Waals surface area contributed by atoms with Gasteiger partial charge in [0.15, 0.2) is 0 Å². The van der Waals surface area contributed by atoms with Crippen molar-refractivity contribution in [2.24, 2.45) is 5.73 Å². The fraction of sp³-hybridized carbons (Fsp3) is 0.889. The summed E-state index contributed by atoms with van der Waals surface area (Å²) in [4.78, 5) is 11.3. The zero-order valence-electron chi connectivity index (χ0n) is 8.67. The summed E-state index contributed by atoms with van der Waals surface area (Å²) in [5, 5.41) is 2.92. The Kier molecular flexibility index (Phi) is 7.09. The van der Waals surface area contributed by atoms with Crippen LogP contribution in [0.1, 0.15) is 26.7 Å². The van der Waals surface area contributed by atoms with Crippen molar-refractivity contribution in [1.29, 1.82) is 0 Å². The van der Waals surface area contributed by atoms with E-state index >= 15 is 0 Å². The lowest BCUT2D eigenvalue weighted by Crippen LogP contribution is -2.34. The van der Waals surface area contributed by atoms with Gasteiger partial charge in [-0.05, 0) is 26.5 Å². The minimum absolute atomic E-state index is 0.110. The predicted octanol–water partition coefficient (Wildman–Crippen LogP) is 0.981. The van der Waals surface area contributed by atoms with Crippen molar-refractivity contribution >= 4 is 17.7 Å². The van der Waals surface area contributed by atoms with Gasteiger partial charge in [-0.1, -0.05) is 0 Å². The molecule has 0 aromatic carbocycles. The molecule has 0 spiro atoms. The first-order valence-electron chi connectivity index (χ1n) is 4.60. The number of rotatable bonds is 6. The maximum atomic E-state index is 11.3. The van der Waals surface area contributed by atoms with Crippen molar-refractivity contribution in [3.63, 3.8) is 0 Å². The van der Waals surface area contributed by atoms with Gasteiger partial charge in [0.1, 0.15) is 0 Å². The Hall–Kier alpha value is -0.220. The van der Waals surface area contributed by atoms with E-state index in [1.165, 1.54) is 0 Å². The van der Waals surface area contributed by atoms with Gasteiger partial charge in [-0.3, -0.25) is 4.79 Å². The van der Waals surface area contributed by atoms with E-state index < -0.39 is 0 Å². The molecule has 1 amide bonds. The lowest BCUT2D eigenvalue weighted by atomic mass is 10.2. The van der Waals surface area contributed by atoms with E-state index in [0.29, 0.717) is 6.42 Å². The van der Waals surface area contributed by atoms with Gasteiger partial charge in [0.05, 0.1) is 0 Å². The summed E-state index contributed by atoms with van der Waals surface area (Å²) in [6, 6.07) is 0.372. The summed E-state index contributed by atoms with van der Waals surface area (Å²) in [6.45, 7) is 3.93. The average molecular weight is 204 g/mol. The summed E-state index contributed by atoms with van der Waals surface area (Å²) in [5.74, 6) is 1.07. The van der Waals surface area contributed by atoms with E-state index in [9.17, 15) is 4.79 Å². The largest absolute Gasteiger partial charge is 0.353 e. The van der Waals surface area contributed by atoms with Gasteiger partial charge in [0.2, 0.25) is 5.91 Å². The molecular formula is C9H20N2OS. The number of amides is 1. The molecule has 0 saturated heterocycles. The molecule has 3 N–H and O–H groups in total. The maximum absolute atomic E-state index is 11.3. The normalized spacial score (nSPS) is 15.1. The van der Waals surface area contributed by atoms with Crippen molar-refractivity contribution in [2.45, 2.75) is 38.8 Å². The lowest BCUT2D eigenvalue weighted by Gasteiger charge is -2.12. The van der Waals surface area contributed by atoms with E-state index in [-0.39, 0.29) is 18.0 Å². The van der Waals surface area contributed by atoms with Crippen LogP contribution in [-0.2, 0) is 4.79 Å². The molecule has 0 aromatic heterocycles. The lowest BCUT2D eigenvalue weighted by molar-refractivity contribution is -0.121. The maximum Gasteiger partial charge on any atom is 0.220 e. The third-order valence-electron chi connectivity index (χ3n) is 1.65. The van der Waals surface area contributed by atoms with Gasteiger partial charge in [0.25, 0.3) is 0 Å². The molecule has 4 heteroatoms. The number of carbonyl (C=O) groups excluding carboxylic acids is 1. The number of nitrogens with two attached hydrogens (primary N) is 1. The molecule has 0 aromatic rings. The van der Waals surface area contributed by atoms with E-state index in [1.54, 1.807) is 11.8 Å². The molecule has 0 saturated carbocycles. The van der Waals surface area contributed by atoms with Gasteiger partial charge in [-0.2, -0.15) is 11.8 Å². The Bertz CT molecular complexity index is 151. The topological polar surface area (TPSA) is 55.1 Å². The molecule has 0 rings (SSSR count). The van der Waals surface area contributed by atoms with Crippen LogP contribution >= 0.6 is 11.8 Å². The molecule has 0 fully saturated rings. The summed E-state index contributed by atoms with van der Waals surface area (Å²) >= 11 is 1.74. The Balaban J connectivity index is 3.50. The fourth-order valence-corrected chi connectivity index (χ4v) is 1.58. The molecule has 0 aliphatic rings. The highest BCUT2D eigenvalue weighted by atomic mass is 32.2. The highest BCUT2D eigenvalue weighted by Crippen LogP contribution is 1.98. The van der Waals surface area contributed by atoms with Crippen molar-refractivity contribution in [1.82, 2.24) is 5.32 Å². The van der Waals surface area contributed by atoms with Gasteiger partial charge in [0, 0.05) is 24.3 Å². The Morgan fingerprint density at radius 1 is 1.54 bits per heavy atom. The smallest absolute Gasteiger partial charge is 0.220 e. The molecule has 3 nitrogen and oxygen atoms in total. The van der Waals surface area contributed by atoms with Crippen LogP contribution in [0.4, 0.5) is 0 Å². The number of hydrogen-bond donors (Lipinski definition) is 2. The van der Waals surface area contributed by atoms with Crippen molar-refractivity contribution in [2.75, 3.05) is 12.0 Å². The summed E-state index contributed by atoms with van der Waals surface area (Å²) < 4.78 is 0. The van der Waals surface area contributed by atoms with Crippen molar-refractivity contribution < 1.29 is 4.79 Å². The number of carbonyl (C=O) groups is 1. The zero-order valence-corrected chi connectivity index (χ0v) is 9.49. The van der Waals surface area contributed by atoms with Gasteiger partial charge in [-0.15, -0.1) is 0 Å². The molecule has 0 bridgehead atoms. The summed E-state index contributed by atoms with van der Waals surface area (Å²) in [5.41, 5.74) is 5.55. The first-order valence-corrected chi connectivity index (χ1v) is 5.99. The number of nitrogens with one attached hydrogen (secondary N) is 1. The fourth-order valence-electron chi connectivity index (χ4n) is 0.997. The average Bonchev–Trinajstić information content (AvgIpc) is 2.01. The Morgan fingerprint density at radius 3 is 2.62 bits per heavy atom. The van der Waals surface area contributed by atoms with E-state index in [2.05, 4.69) is 5.32 Å². The van der Waals surface area contributed by atoms with Crippen LogP contribution in [0.5, 0.6) is 0 Å². The Labute approximate surface area is 84.8 Å². The predicted molar refractivity (Wildman–Crippen MR) is 58.9 cm³/mol. The van der Waals surface area contributed by atoms with Crippen LogP contribution in [0.2, 0.25) is 0 Å². The van der Waals surface area contributed by atoms with Crippen LogP contribution in [0, 0.1) is 0 Å². The number of hydrogen-bond acceptors (Lipinski definition) is 3. The first-order chi connectivity index (χ1) is 6.06. The molecule has 0 aliphatic carbocycles. The quantitative estimate of drug-likeness (QED) is 0.678. The second-order valence-electron chi connectivity index (χ2n) is 3.44. The summed E-state index contributed by atoms with van der Waals surface area (Å²) in [7, 11) is 0. The van der Waals surface area contributed by atoms with Gasteiger partial charge >= 0.3 is 0 Å². The van der Waals surface area contributed by atoms with Crippen LogP contribution in [-0.4, -0.2) is 30.0 Å². The van der Waals surface area contributed by atoms with Crippen molar-refractivity contribution in [3.05, 3.63) is 0 Å². The Morgan fingerprint density at radius 2 is 2.15 bits per heavy atom.